The highest BCUT2D eigenvalue weighted by Gasteiger charge is 2.17. The first kappa shape index (κ1) is 46.6. The molecule has 284 valence electrons. The second-order valence-electron chi connectivity index (χ2n) is 14.8. The van der Waals surface area contributed by atoms with Gasteiger partial charge in [0.25, 0.3) is 5.97 Å². The highest BCUT2D eigenvalue weighted by atomic mass is 16.4. The second-order valence-corrected chi connectivity index (χ2v) is 14.8. The first-order valence-corrected chi connectivity index (χ1v) is 21.5. The second kappa shape index (κ2) is 38.4. The molecule has 0 aliphatic carbocycles. The van der Waals surface area contributed by atoms with E-state index in [0.717, 1.165) is 52.2 Å². The summed E-state index contributed by atoms with van der Waals surface area (Å²) in [5.74, 6) is 0.920. The third kappa shape index (κ3) is 35.9. The van der Waals surface area contributed by atoms with Gasteiger partial charge in [0, 0.05) is 39.3 Å². The average Bonchev–Trinajstić information content (AvgIpc) is 3.52. The van der Waals surface area contributed by atoms with Crippen molar-refractivity contribution in [3.05, 3.63) is 0 Å². The van der Waals surface area contributed by atoms with Crippen molar-refractivity contribution in [2.45, 2.75) is 239 Å². The van der Waals surface area contributed by atoms with Crippen LogP contribution in [0.3, 0.4) is 0 Å². The van der Waals surface area contributed by atoms with Gasteiger partial charge in [-0.3, -0.25) is 14.6 Å². The van der Waals surface area contributed by atoms with E-state index in [-0.39, 0.29) is 0 Å². The highest BCUT2D eigenvalue weighted by Crippen LogP contribution is 2.17. The van der Waals surface area contributed by atoms with Crippen molar-refractivity contribution >= 4 is 17.6 Å². The van der Waals surface area contributed by atoms with Gasteiger partial charge in [0.2, 0.25) is 0 Å². The number of carbonyl (C=O) groups is 2. The number of carbonyl (C=O) groups excluding carboxylic acids is 1. The SMILES string of the molecule is CC(=O)O.CCCCCCCCCCCCCCCCCCC1=NCCN1CCC(=O)CCCCCCCCCCCCCCCCC. The van der Waals surface area contributed by atoms with Crippen molar-refractivity contribution in [3.8, 4) is 0 Å². The van der Waals surface area contributed by atoms with Gasteiger partial charge in [-0.25, -0.2) is 0 Å². The molecule has 0 radical (unpaired) electrons. The lowest BCUT2D eigenvalue weighted by atomic mass is 10.0. The standard InChI is InChI=1S/C41H80N2O.C2H4O2/c1-3-5-7-9-11-13-15-17-19-21-23-25-27-29-31-33-35-41-42-37-39-43(41)38-36-40(44)34-32-30-28-26-24-22-20-18-16-14-12-10-8-6-4-2;1-2(3)4/h3-39H2,1-2H3;1H3,(H,3,4). The summed E-state index contributed by atoms with van der Waals surface area (Å²) in [6.45, 7) is 8.53. The number of nitrogens with zero attached hydrogens (tertiary/aromatic N) is 2. The molecule has 0 saturated carbocycles. The summed E-state index contributed by atoms with van der Waals surface area (Å²) in [7, 11) is 0. The lowest BCUT2D eigenvalue weighted by Gasteiger charge is -2.20. The van der Waals surface area contributed by atoms with Crippen molar-refractivity contribution in [2.24, 2.45) is 4.99 Å². The number of carboxylic acid groups (broad SMARTS) is 1. The summed E-state index contributed by atoms with van der Waals surface area (Å²) in [4.78, 5) is 28.7. The summed E-state index contributed by atoms with van der Waals surface area (Å²) in [5, 5.41) is 7.42. The number of rotatable bonds is 36. The number of Topliss-reactive ketones (excluding diaryl/α,β-unsaturated/α-hetero) is 1. The topological polar surface area (TPSA) is 70.0 Å². The predicted molar refractivity (Wildman–Crippen MR) is 211 cm³/mol. The lowest BCUT2D eigenvalue weighted by molar-refractivity contribution is -0.134. The molecule has 1 heterocycles. The molecule has 5 heteroatoms. The Morgan fingerprint density at radius 3 is 1.19 bits per heavy atom. The van der Waals surface area contributed by atoms with E-state index in [1.54, 1.807) is 0 Å². The van der Waals surface area contributed by atoms with Crippen LogP contribution in [0, 0.1) is 0 Å². The molecule has 0 atom stereocenters. The number of hydrogen-bond acceptors (Lipinski definition) is 4. The largest absolute Gasteiger partial charge is 0.481 e. The first-order chi connectivity index (χ1) is 23.5. The zero-order chi connectivity index (χ0) is 35.2. The van der Waals surface area contributed by atoms with Crippen molar-refractivity contribution < 1.29 is 14.7 Å². The normalized spacial score (nSPS) is 12.6. The van der Waals surface area contributed by atoms with Gasteiger partial charge in [-0.15, -0.1) is 0 Å². The van der Waals surface area contributed by atoms with Crippen molar-refractivity contribution in [3.63, 3.8) is 0 Å². The van der Waals surface area contributed by atoms with Gasteiger partial charge in [-0.1, -0.05) is 200 Å². The number of hydrogen-bond donors (Lipinski definition) is 1. The van der Waals surface area contributed by atoms with E-state index in [9.17, 15) is 4.79 Å². The molecule has 1 aliphatic rings. The molecular formula is C43H84N2O3. The Morgan fingerprint density at radius 2 is 0.833 bits per heavy atom. The Morgan fingerprint density at radius 1 is 0.521 bits per heavy atom. The first-order valence-electron chi connectivity index (χ1n) is 21.5. The summed E-state index contributed by atoms with van der Waals surface area (Å²) >= 11 is 0. The molecule has 1 rings (SSSR count). The fraction of sp³-hybridized carbons (Fsp3) is 0.930. The van der Waals surface area contributed by atoms with Crippen LogP contribution in [0.4, 0.5) is 0 Å². The van der Waals surface area contributed by atoms with Crippen LogP contribution in [-0.4, -0.2) is 47.2 Å². The van der Waals surface area contributed by atoms with Crippen LogP contribution in [0.5, 0.6) is 0 Å². The average molecular weight is 677 g/mol. The third-order valence-electron chi connectivity index (χ3n) is 10.0. The van der Waals surface area contributed by atoms with Crippen molar-refractivity contribution in [1.29, 1.82) is 0 Å². The fourth-order valence-electron chi connectivity index (χ4n) is 6.92. The zero-order valence-corrected chi connectivity index (χ0v) is 32.8. The van der Waals surface area contributed by atoms with Crippen molar-refractivity contribution in [2.75, 3.05) is 19.6 Å². The molecule has 0 aromatic heterocycles. The number of unbranched alkanes of at least 4 members (excludes halogenated alkanes) is 29. The maximum Gasteiger partial charge on any atom is 0.300 e. The molecule has 0 fully saturated rings. The number of aliphatic carboxylic acids is 1. The molecule has 0 aromatic rings. The van der Waals surface area contributed by atoms with Crippen molar-refractivity contribution in [1.82, 2.24) is 4.90 Å². The van der Waals surface area contributed by atoms with Gasteiger partial charge in [-0.2, -0.15) is 0 Å². The van der Waals surface area contributed by atoms with E-state index in [4.69, 9.17) is 14.9 Å². The van der Waals surface area contributed by atoms with E-state index in [1.807, 2.05) is 0 Å². The Hall–Kier alpha value is -1.39. The van der Waals surface area contributed by atoms with E-state index in [0.29, 0.717) is 5.78 Å². The maximum absolute atomic E-state index is 12.5. The Kier molecular flexibility index (Phi) is 37.3. The molecule has 0 spiro atoms. The monoisotopic (exact) mass is 677 g/mol. The number of carboxylic acids is 1. The zero-order valence-electron chi connectivity index (χ0n) is 32.8. The van der Waals surface area contributed by atoms with Crippen LogP contribution in [0.1, 0.15) is 239 Å². The minimum absolute atomic E-state index is 0.466. The van der Waals surface area contributed by atoms with Gasteiger partial charge in [0.15, 0.2) is 0 Å². The molecule has 0 unspecified atom stereocenters. The number of amidine groups is 1. The quantitative estimate of drug-likeness (QED) is 0.0671. The molecular weight excluding hydrogens is 592 g/mol. The molecule has 1 N–H and O–H groups in total. The van der Waals surface area contributed by atoms with Gasteiger partial charge < -0.3 is 10.0 Å². The molecule has 0 amide bonds. The Balaban J connectivity index is 0.00000520. The lowest BCUT2D eigenvalue weighted by Crippen LogP contribution is -2.30. The Labute approximate surface area is 300 Å². The predicted octanol–water partition coefficient (Wildman–Crippen LogP) is 13.7. The highest BCUT2D eigenvalue weighted by molar-refractivity contribution is 5.85. The van der Waals surface area contributed by atoms with E-state index in [2.05, 4.69) is 18.7 Å². The minimum Gasteiger partial charge on any atom is -0.481 e. The van der Waals surface area contributed by atoms with Crippen LogP contribution in [0.25, 0.3) is 0 Å². The smallest absolute Gasteiger partial charge is 0.300 e. The maximum atomic E-state index is 12.5. The summed E-state index contributed by atoms with van der Waals surface area (Å²) < 4.78 is 0. The van der Waals surface area contributed by atoms with Crippen LogP contribution in [0.15, 0.2) is 4.99 Å². The van der Waals surface area contributed by atoms with Gasteiger partial charge in [0.1, 0.15) is 5.78 Å². The minimum atomic E-state index is -0.833. The third-order valence-corrected chi connectivity index (χ3v) is 10.0. The van der Waals surface area contributed by atoms with Crippen LogP contribution in [0.2, 0.25) is 0 Å². The van der Waals surface area contributed by atoms with Gasteiger partial charge in [0.05, 0.1) is 12.4 Å². The summed E-state index contributed by atoms with van der Waals surface area (Å²) in [5.41, 5.74) is 0. The van der Waals surface area contributed by atoms with Crippen LogP contribution >= 0.6 is 0 Å². The van der Waals surface area contributed by atoms with Gasteiger partial charge >= 0.3 is 0 Å². The molecule has 0 saturated heterocycles. The van der Waals surface area contributed by atoms with Gasteiger partial charge in [-0.05, 0) is 12.8 Å². The van der Waals surface area contributed by atoms with E-state index >= 15 is 0 Å². The fourth-order valence-corrected chi connectivity index (χ4v) is 6.92. The Bertz CT molecular complexity index is 719. The molecule has 0 bridgehead atoms. The number of aliphatic imine (C=N–C) groups is 1. The summed E-state index contributed by atoms with van der Waals surface area (Å²) in [6.07, 6.45) is 45.9. The summed E-state index contributed by atoms with van der Waals surface area (Å²) in [6, 6.07) is 0. The van der Waals surface area contributed by atoms with Crippen LogP contribution in [-0.2, 0) is 9.59 Å². The van der Waals surface area contributed by atoms with E-state index in [1.165, 1.54) is 198 Å². The molecule has 1 aliphatic heterocycles. The van der Waals surface area contributed by atoms with Crippen LogP contribution < -0.4 is 0 Å². The molecule has 48 heavy (non-hydrogen) atoms. The van der Waals surface area contributed by atoms with E-state index < -0.39 is 5.97 Å². The number of ketones is 1. The molecule has 5 nitrogen and oxygen atoms in total. The molecule has 0 aromatic carbocycles.